The van der Waals surface area contributed by atoms with E-state index in [-0.39, 0.29) is 17.2 Å². The second kappa shape index (κ2) is 5.52. The van der Waals surface area contributed by atoms with Crippen molar-refractivity contribution in [3.63, 3.8) is 0 Å². The minimum Gasteiger partial charge on any atom is -0.339 e. The molecule has 0 aromatic heterocycles. The van der Waals surface area contributed by atoms with Gasteiger partial charge in [0.1, 0.15) is 0 Å². The lowest BCUT2D eigenvalue weighted by molar-refractivity contribution is -0.145. The van der Waals surface area contributed by atoms with E-state index in [2.05, 4.69) is 5.32 Å². The lowest BCUT2D eigenvalue weighted by Crippen LogP contribution is -2.53. The monoisotopic (exact) mass is 307 g/mol. The van der Waals surface area contributed by atoms with E-state index < -0.39 is 0 Å². The molecule has 0 radical (unpaired) electrons. The molecule has 3 fully saturated rings. The Bertz CT molecular complexity index is 455. The van der Waals surface area contributed by atoms with E-state index in [9.17, 15) is 9.59 Å². The molecule has 124 valence electrons. The van der Waals surface area contributed by atoms with E-state index in [1.807, 2.05) is 30.6 Å². The molecule has 2 saturated heterocycles. The summed E-state index contributed by atoms with van der Waals surface area (Å²) in [4.78, 5) is 28.9. The standard InChI is InChI=1S/C17H29N3O2/c1-16(2,3)15(22)20-10-8-19(9-11-20)14(21)13-12-17(13)4-6-18-7-5-17/h13,18H,4-12H2,1-3H3. The van der Waals surface area contributed by atoms with Crippen LogP contribution in [0, 0.1) is 16.7 Å². The fraction of sp³-hybridized carbons (Fsp3) is 0.882. The maximum atomic E-state index is 12.7. The van der Waals surface area contributed by atoms with Gasteiger partial charge in [0, 0.05) is 37.5 Å². The molecule has 1 saturated carbocycles. The predicted octanol–water partition coefficient (Wildman–Crippen LogP) is 1.09. The van der Waals surface area contributed by atoms with Crippen molar-refractivity contribution in [1.82, 2.24) is 15.1 Å². The van der Waals surface area contributed by atoms with Crippen LogP contribution >= 0.6 is 0 Å². The molecule has 2 heterocycles. The zero-order valence-electron chi connectivity index (χ0n) is 14.2. The number of carbonyl (C=O) groups is 2. The highest BCUT2D eigenvalue weighted by molar-refractivity contribution is 5.84. The Morgan fingerprint density at radius 2 is 1.55 bits per heavy atom. The molecule has 1 spiro atoms. The van der Waals surface area contributed by atoms with Gasteiger partial charge in [-0.1, -0.05) is 20.8 Å². The van der Waals surface area contributed by atoms with Crippen molar-refractivity contribution in [2.45, 2.75) is 40.0 Å². The molecule has 22 heavy (non-hydrogen) atoms. The Kier molecular flexibility index (Phi) is 3.96. The maximum Gasteiger partial charge on any atom is 0.228 e. The highest BCUT2D eigenvalue weighted by Crippen LogP contribution is 2.59. The number of nitrogens with zero attached hydrogens (tertiary/aromatic N) is 2. The molecule has 3 rings (SSSR count). The minimum atomic E-state index is -0.332. The average molecular weight is 307 g/mol. The zero-order chi connectivity index (χ0) is 16.0. The number of amides is 2. The van der Waals surface area contributed by atoms with Crippen molar-refractivity contribution >= 4 is 11.8 Å². The smallest absolute Gasteiger partial charge is 0.228 e. The van der Waals surface area contributed by atoms with Crippen LogP contribution in [-0.2, 0) is 9.59 Å². The van der Waals surface area contributed by atoms with Crippen molar-refractivity contribution in [1.29, 1.82) is 0 Å². The van der Waals surface area contributed by atoms with Gasteiger partial charge in [-0.15, -0.1) is 0 Å². The van der Waals surface area contributed by atoms with Gasteiger partial charge < -0.3 is 15.1 Å². The van der Waals surface area contributed by atoms with Gasteiger partial charge in [0.2, 0.25) is 11.8 Å². The summed E-state index contributed by atoms with van der Waals surface area (Å²) in [6.07, 6.45) is 3.37. The SMILES string of the molecule is CC(C)(C)C(=O)N1CCN(C(=O)C2CC23CCNCC3)CC1. The summed E-state index contributed by atoms with van der Waals surface area (Å²) in [5.74, 6) is 0.782. The number of hydrogen-bond donors (Lipinski definition) is 1. The van der Waals surface area contributed by atoms with Gasteiger partial charge in [0.05, 0.1) is 0 Å². The van der Waals surface area contributed by atoms with Crippen molar-refractivity contribution in [2.24, 2.45) is 16.7 Å². The zero-order valence-corrected chi connectivity index (χ0v) is 14.2. The summed E-state index contributed by atoms with van der Waals surface area (Å²) < 4.78 is 0. The highest BCUT2D eigenvalue weighted by atomic mass is 16.2. The van der Waals surface area contributed by atoms with Gasteiger partial charge in [0.25, 0.3) is 0 Å². The van der Waals surface area contributed by atoms with Gasteiger partial charge >= 0.3 is 0 Å². The highest BCUT2D eigenvalue weighted by Gasteiger charge is 2.58. The van der Waals surface area contributed by atoms with Gasteiger partial charge in [0.15, 0.2) is 0 Å². The van der Waals surface area contributed by atoms with Crippen LogP contribution in [0.15, 0.2) is 0 Å². The normalized spacial score (nSPS) is 27.9. The van der Waals surface area contributed by atoms with Crippen LogP contribution in [-0.4, -0.2) is 60.9 Å². The quantitative estimate of drug-likeness (QED) is 0.789. The van der Waals surface area contributed by atoms with E-state index >= 15 is 0 Å². The van der Waals surface area contributed by atoms with Crippen molar-refractivity contribution in [3.8, 4) is 0 Å². The molecule has 5 nitrogen and oxygen atoms in total. The number of hydrogen-bond acceptors (Lipinski definition) is 3. The maximum absolute atomic E-state index is 12.7. The predicted molar refractivity (Wildman–Crippen MR) is 85.3 cm³/mol. The van der Waals surface area contributed by atoms with Crippen LogP contribution in [0.3, 0.4) is 0 Å². The number of piperazine rings is 1. The van der Waals surface area contributed by atoms with Crippen LogP contribution in [0.5, 0.6) is 0 Å². The second-order valence-corrected chi connectivity index (χ2v) is 8.24. The van der Waals surface area contributed by atoms with E-state index in [0.29, 0.717) is 37.5 Å². The van der Waals surface area contributed by atoms with Crippen molar-refractivity contribution < 1.29 is 9.59 Å². The number of piperidine rings is 1. The molecule has 2 aliphatic heterocycles. The van der Waals surface area contributed by atoms with Gasteiger partial charge in [-0.3, -0.25) is 9.59 Å². The molecular weight excluding hydrogens is 278 g/mol. The van der Waals surface area contributed by atoms with E-state index in [1.54, 1.807) is 0 Å². The van der Waals surface area contributed by atoms with Crippen LogP contribution in [0.4, 0.5) is 0 Å². The Hall–Kier alpha value is -1.10. The summed E-state index contributed by atoms with van der Waals surface area (Å²) in [5.41, 5.74) is -0.0253. The molecule has 0 bridgehead atoms. The Labute approximate surface area is 133 Å². The molecule has 0 aromatic carbocycles. The van der Waals surface area contributed by atoms with E-state index in [0.717, 1.165) is 32.4 Å². The largest absolute Gasteiger partial charge is 0.339 e. The third-order valence-electron chi connectivity index (χ3n) is 5.61. The molecular formula is C17H29N3O2. The minimum absolute atomic E-state index is 0.195. The lowest BCUT2D eigenvalue weighted by Gasteiger charge is -2.38. The molecule has 1 aliphatic carbocycles. The lowest BCUT2D eigenvalue weighted by atomic mass is 9.91. The van der Waals surface area contributed by atoms with Crippen molar-refractivity contribution in [3.05, 3.63) is 0 Å². The number of nitrogens with one attached hydrogen (secondary N) is 1. The van der Waals surface area contributed by atoms with Gasteiger partial charge in [-0.25, -0.2) is 0 Å². The van der Waals surface area contributed by atoms with Gasteiger partial charge in [-0.05, 0) is 37.8 Å². The van der Waals surface area contributed by atoms with E-state index in [1.165, 1.54) is 0 Å². The molecule has 1 atom stereocenters. The Morgan fingerprint density at radius 1 is 1.00 bits per heavy atom. The molecule has 1 N–H and O–H groups in total. The first-order valence-corrected chi connectivity index (χ1v) is 8.62. The molecule has 2 amide bonds. The third kappa shape index (κ3) is 2.87. The summed E-state index contributed by atoms with van der Waals surface area (Å²) in [7, 11) is 0. The van der Waals surface area contributed by atoms with Crippen LogP contribution in [0.2, 0.25) is 0 Å². The van der Waals surface area contributed by atoms with Crippen LogP contribution in [0.1, 0.15) is 40.0 Å². The third-order valence-corrected chi connectivity index (χ3v) is 5.61. The fourth-order valence-electron chi connectivity index (χ4n) is 4.00. The Morgan fingerprint density at radius 3 is 2.09 bits per heavy atom. The second-order valence-electron chi connectivity index (χ2n) is 8.24. The number of rotatable bonds is 1. The molecule has 1 unspecified atom stereocenters. The Balaban J connectivity index is 1.52. The van der Waals surface area contributed by atoms with Gasteiger partial charge in [-0.2, -0.15) is 0 Å². The van der Waals surface area contributed by atoms with E-state index in [4.69, 9.17) is 0 Å². The molecule has 3 aliphatic rings. The van der Waals surface area contributed by atoms with Crippen molar-refractivity contribution in [2.75, 3.05) is 39.3 Å². The summed E-state index contributed by atoms with van der Waals surface area (Å²) in [6, 6.07) is 0. The number of carbonyl (C=O) groups excluding carboxylic acids is 2. The van der Waals surface area contributed by atoms with Crippen LogP contribution < -0.4 is 5.32 Å². The average Bonchev–Trinajstić information content (AvgIpc) is 3.19. The summed E-state index contributed by atoms with van der Waals surface area (Å²) in [5, 5.41) is 3.38. The first kappa shape index (κ1) is 15.8. The summed E-state index contributed by atoms with van der Waals surface area (Å²) >= 11 is 0. The fourth-order valence-corrected chi connectivity index (χ4v) is 4.00. The summed E-state index contributed by atoms with van der Waals surface area (Å²) in [6.45, 7) is 10.7. The first-order chi connectivity index (χ1) is 10.3. The molecule has 0 aromatic rings. The topological polar surface area (TPSA) is 52.7 Å². The van der Waals surface area contributed by atoms with Crippen LogP contribution in [0.25, 0.3) is 0 Å². The first-order valence-electron chi connectivity index (χ1n) is 8.62. The molecule has 5 heteroatoms.